The number of aryl methyl sites for hydroxylation is 1. The Balaban J connectivity index is 1.80. The van der Waals surface area contributed by atoms with Gasteiger partial charge in [-0.05, 0) is 71.7 Å². The van der Waals surface area contributed by atoms with Gasteiger partial charge in [0.2, 0.25) is 5.91 Å². The number of rotatable bonds is 7. The van der Waals surface area contributed by atoms with Crippen LogP contribution in [0, 0.1) is 6.92 Å². The number of ether oxygens (including phenoxy) is 1. The standard InChI is InChI=1S/C19H18Br2ClN3O3/c1-11-7-17(16(21)9-15(11)20)28-10-19(27)25-24-12(2)8-18(26)23-14-5-3-13(22)4-6-14/h3-7,9H,8,10H2,1-2H3,(H,23,26)(H,25,27)/b24-12-. The number of hydrogen-bond acceptors (Lipinski definition) is 4. The minimum Gasteiger partial charge on any atom is -0.483 e. The molecule has 6 nitrogen and oxygen atoms in total. The van der Waals surface area contributed by atoms with E-state index in [4.69, 9.17) is 16.3 Å². The number of anilines is 1. The molecule has 0 aliphatic heterocycles. The predicted octanol–water partition coefficient (Wildman–Crippen LogP) is 5.07. The first-order valence-corrected chi connectivity index (χ1v) is 10.2. The summed E-state index contributed by atoms with van der Waals surface area (Å²) < 4.78 is 7.17. The molecule has 2 amide bonds. The SMILES string of the molecule is C/C(CC(=O)Nc1ccc(Cl)cc1)=N/NC(=O)COc1cc(C)c(Br)cc1Br. The summed E-state index contributed by atoms with van der Waals surface area (Å²) in [7, 11) is 0. The van der Waals surface area contributed by atoms with Crippen LogP contribution < -0.4 is 15.5 Å². The first-order valence-electron chi connectivity index (χ1n) is 8.20. The molecule has 9 heteroatoms. The lowest BCUT2D eigenvalue weighted by Gasteiger charge is -2.10. The zero-order chi connectivity index (χ0) is 20.7. The smallest absolute Gasteiger partial charge is 0.277 e. The Labute approximate surface area is 184 Å². The van der Waals surface area contributed by atoms with Crippen molar-refractivity contribution < 1.29 is 14.3 Å². The number of carbonyl (C=O) groups excluding carboxylic acids is 2. The lowest BCUT2D eigenvalue weighted by Crippen LogP contribution is -2.26. The van der Waals surface area contributed by atoms with Crippen LogP contribution in [0.25, 0.3) is 0 Å². The maximum Gasteiger partial charge on any atom is 0.277 e. The van der Waals surface area contributed by atoms with Gasteiger partial charge >= 0.3 is 0 Å². The number of nitrogens with one attached hydrogen (secondary N) is 2. The highest BCUT2D eigenvalue weighted by Crippen LogP contribution is 2.31. The minimum atomic E-state index is -0.426. The summed E-state index contributed by atoms with van der Waals surface area (Å²) in [6, 6.07) is 10.4. The van der Waals surface area contributed by atoms with Crippen molar-refractivity contribution in [2.45, 2.75) is 20.3 Å². The van der Waals surface area contributed by atoms with E-state index in [9.17, 15) is 9.59 Å². The van der Waals surface area contributed by atoms with Crippen LogP contribution in [0.1, 0.15) is 18.9 Å². The molecule has 0 radical (unpaired) electrons. The van der Waals surface area contributed by atoms with E-state index in [-0.39, 0.29) is 18.9 Å². The largest absolute Gasteiger partial charge is 0.483 e. The molecule has 0 atom stereocenters. The third kappa shape index (κ3) is 7.26. The highest BCUT2D eigenvalue weighted by Gasteiger charge is 2.09. The third-order valence-corrected chi connectivity index (χ3v) is 5.21. The molecule has 0 fully saturated rings. The summed E-state index contributed by atoms with van der Waals surface area (Å²) in [4.78, 5) is 23.9. The maximum atomic E-state index is 12.0. The van der Waals surface area contributed by atoms with E-state index in [0.717, 1.165) is 14.5 Å². The van der Waals surface area contributed by atoms with Crippen LogP contribution in [0.3, 0.4) is 0 Å². The molecule has 0 saturated heterocycles. The monoisotopic (exact) mass is 529 g/mol. The molecule has 2 aromatic rings. The molecule has 0 bridgehead atoms. The summed E-state index contributed by atoms with van der Waals surface area (Å²) in [5.41, 5.74) is 4.46. The summed E-state index contributed by atoms with van der Waals surface area (Å²) in [5, 5.41) is 7.24. The van der Waals surface area contributed by atoms with E-state index in [0.29, 0.717) is 22.2 Å². The van der Waals surface area contributed by atoms with Crippen molar-refractivity contribution in [2.24, 2.45) is 5.10 Å². The fraction of sp³-hybridized carbons (Fsp3) is 0.211. The third-order valence-electron chi connectivity index (χ3n) is 3.49. The van der Waals surface area contributed by atoms with Gasteiger partial charge in [0.25, 0.3) is 5.91 Å². The molecule has 2 N–H and O–H groups in total. The topological polar surface area (TPSA) is 79.8 Å². The lowest BCUT2D eigenvalue weighted by molar-refractivity contribution is -0.123. The molecule has 0 aliphatic rings. The van der Waals surface area contributed by atoms with Crippen LogP contribution in [-0.2, 0) is 9.59 Å². The lowest BCUT2D eigenvalue weighted by atomic mass is 10.2. The fourth-order valence-electron chi connectivity index (χ4n) is 2.09. The van der Waals surface area contributed by atoms with Gasteiger partial charge in [0.1, 0.15) is 5.75 Å². The summed E-state index contributed by atoms with van der Waals surface area (Å²) in [6.45, 7) is 3.37. The normalized spacial score (nSPS) is 11.1. The number of halogens is 3. The number of hydrogen-bond donors (Lipinski definition) is 2. The van der Waals surface area contributed by atoms with E-state index in [1.165, 1.54) is 0 Å². The zero-order valence-corrected chi connectivity index (χ0v) is 19.1. The molecule has 0 unspecified atom stereocenters. The van der Waals surface area contributed by atoms with Gasteiger partial charge in [-0.1, -0.05) is 27.5 Å². The first kappa shape index (κ1) is 22.4. The second-order valence-corrected chi connectivity index (χ2v) is 8.08. The number of nitrogens with zero attached hydrogens (tertiary/aromatic N) is 1. The van der Waals surface area contributed by atoms with Gasteiger partial charge in [-0.25, -0.2) is 5.43 Å². The molecular weight excluding hydrogens is 513 g/mol. The van der Waals surface area contributed by atoms with Crippen LogP contribution in [0.4, 0.5) is 5.69 Å². The highest BCUT2D eigenvalue weighted by atomic mass is 79.9. The molecule has 2 rings (SSSR count). The van der Waals surface area contributed by atoms with Crippen LogP contribution in [-0.4, -0.2) is 24.1 Å². The first-order chi connectivity index (χ1) is 13.2. The summed E-state index contributed by atoms with van der Waals surface area (Å²) in [5.74, 6) is -0.118. The summed E-state index contributed by atoms with van der Waals surface area (Å²) >= 11 is 12.6. The van der Waals surface area contributed by atoms with Crippen molar-refractivity contribution in [3.8, 4) is 5.75 Å². The Hall–Kier alpha value is -1.90. The van der Waals surface area contributed by atoms with Crippen LogP contribution in [0.2, 0.25) is 5.02 Å². The average molecular weight is 532 g/mol. The van der Waals surface area contributed by atoms with Crippen molar-refractivity contribution in [2.75, 3.05) is 11.9 Å². The van der Waals surface area contributed by atoms with Gasteiger partial charge in [-0.3, -0.25) is 9.59 Å². The van der Waals surface area contributed by atoms with Crippen LogP contribution >= 0.6 is 43.5 Å². The Bertz CT molecular complexity index is 902. The molecule has 148 valence electrons. The fourth-order valence-corrected chi connectivity index (χ4v) is 3.32. The maximum absolute atomic E-state index is 12.0. The number of benzene rings is 2. The van der Waals surface area contributed by atoms with Gasteiger partial charge in [0.15, 0.2) is 6.61 Å². The van der Waals surface area contributed by atoms with Gasteiger partial charge in [0, 0.05) is 20.9 Å². The number of carbonyl (C=O) groups is 2. The molecule has 0 saturated carbocycles. The van der Waals surface area contributed by atoms with E-state index < -0.39 is 5.91 Å². The van der Waals surface area contributed by atoms with E-state index in [2.05, 4.69) is 47.7 Å². The van der Waals surface area contributed by atoms with E-state index >= 15 is 0 Å². The quantitative estimate of drug-likeness (QED) is 0.387. The second-order valence-electron chi connectivity index (χ2n) is 5.93. The molecule has 0 spiro atoms. The van der Waals surface area contributed by atoms with Crippen molar-refractivity contribution >= 4 is 66.7 Å². The van der Waals surface area contributed by atoms with E-state index in [1.54, 1.807) is 31.2 Å². The van der Waals surface area contributed by atoms with Crippen molar-refractivity contribution in [3.63, 3.8) is 0 Å². The van der Waals surface area contributed by atoms with Gasteiger partial charge < -0.3 is 10.1 Å². The van der Waals surface area contributed by atoms with Crippen LogP contribution in [0.5, 0.6) is 5.75 Å². The Morgan fingerprint density at radius 2 is 1.79 bits per heavy atom. The molecule has 2 aromatic carbocycles. The Kier molecular flexibility index (Phi) is 8.47. The zero-order valence-electron chi connectivity index (χ0n) is 15.2. The second kappa shape index (κ2) is 10.6. The number of hydrazone groups is 1. The van der Waals surface area contributed by atoms with Gasteiger partial charge in [0.05, 0.1) is 10.9 Å². The predicted molar refractivity (Wildman–Crippen MR) is 118 cm³/mol. The number of amides is 2. The molecule has 0 aromatic heterocycles. The van der Waals surface area contributed by atoms with E-state index in [1.807, 2.05) is 19.1 Å². The van der Waals surface area contributed by atoms with Crippen molar-refractivity contribution in [1.82, 2.24) is 5.43 Å². The molecule has 0 heterocycles. The van der Waals surface area contributed by atoms with Crippen molar-refractivity contribution in [3.05, 3.63) is 55.9 Å². The molecule has 0 aliphatic carbocycles. The molecular formula is C19H18Br2ClN3O3. The van der Waals surface area contributed by atoms with Crippen LogP contribution in [0.15, 0.2) is 50.4 Å². The molecule has 28 heavy (non-hydrogen) atoms. The minimum absolute atomic E-state index is 0.0429. The summed E-state index contributed by atoms with van der Waals surface area (Å²) in [6.07, 6.45) is 0.0429. The van der Waals surface area contributed by atoms with Gasteiger partial charge in [-0.15, -0.1) is 0 Å². The Morgan fingerprint density at radius 1 is 1.11 bits per heavy atom. The van der Waals surface area contributed by atoms with Gasteiger partial charge in [-0.2, -0.15) is 5.10 Å². The highest BCUT2D eigenvalue weighted by molar-refractivity contribution is 9.11. The van der Waals surface area contributed by atoms with Crippen molar-refractivity contribution in [1.29, 1.82) is 0 Å². The Morgan fingerprint density at radius 3 is 2.46 bits per heavy atom. The average Bonchev–Trinajstić information content (AvgIpc) is 2.63.